The van der Waals surface area contributed by atoms with Crippen molar-refractivity contribution in [1.82, 2.24) is 9.66 Å². The number of nitrogens with zero attached hydrogens (tertiary/aromatic N) is 3. The molecule has 5 nitrogen and oxygen atoms in total. The third-order valence-electron chi connectivity index (χ3n) is 2.26. The number of aromatic nitrogens is 2. The number of hydrogen-bond acceptors (Lipinski definition) is 4. The Morgan fingerprint density at radius 2 is 2.29 bits per heavy atom. The van der Waals surface area contributed by atoms with E-state index in [0.717, 1.165) is 17.0 Å². The zero-order chi connectivity index (χ0) is 12.3. The minimum Gasteiger partial charge on any atom is -0.497 e. The molecule has 2 aromatic rings. The van der Waals surface area contributed by atoms with Gasteiger partial charge in [-0.1, -0.05) is 12.1 Å². The van der Waals surface area contributed by atoms with Crippen LogP contribution < -0.4 is 10.5 Å². The molecule has 2 N–H and O–H groups in total. The van der Waals surface area contributed by atoms with Crippen LogP contribution in [0.5, 0.6) is 5.75 Å². The van der Waals surface area contributed by atoms with E-state index >= 15 is 0 Å². The molecule has 1 aromatic heterocycles. The topological polar surface area (TPSA) is 65.4 Å². The average Bonchev–Trinajstić information content (AvgIpc) is 2.65. The monoisotopic (exact) mass is 230 g/mol. The van der Waals surface area contributed by atoms with E-state index in [-0.39, 0.29) is 0 Å². The van der Waals surface area contributed by atoms with Crippen LogP contribution in [0.15, 0.2) is 35.6 Å². The lowest BCUT2D eigenvalue weighted by atomic mass is 10.2. The highest BCUT2D eigenvalue weighted by molar-refractivity contribution is 5.80. The van der Waals surface area contributed by atoms with E-state index in [1.165, 1.54) is 4.68 Å². The van der Waals surface area contributed by atoms with Crippen molar-refractivity contribution in [2.24, 2.45) is 5.10 Å². The number of rotatable bonds is 3. The number of imidazole rings is 1. The lowest BCUT2D eigenvalue weighted by molar-refractivity contribution is 0.415. The van der Waals surface area contributed by atoms with Crippen molar-refractivity contribution in [3.05, 3.63) is 41.7 Å². The van der Waals surface area contributed by atoms with Crippen LogP contribution in [0.2, 0.25) is 0 Å². The molecule has 0 saturated heterocycles. The molecule has 0 fully saturated rings. The summed E-state index contributed by atoms with van der Waals surface area (Å²) in [4.78, 5) is 4.06. The molecule has 5 heteroatoms. The van der Waals surface area contributed by atoms with Gasteiger partial charge in [0.2, 0.25) is 5.95 Å². The first-order chi connectivity index (χ1) is 8.19. The Morgan fingerprint density at radius 1 is 1.47 bits per heavy atom. The highest BCUT2D eigenvalue weighted by Gasteiger charge is 1.98. The minimum atomic E-state index is 0.377. The molecule has 0 bridgehead atoms. The van der Waals surface area contributed by atoms with Crippen LogP contribution >= 0.6 is 0 Å². The van der Waals surface area contributed by atoms with Gasteiger partial charge in [-0.2, -0.15) is 5.10 Å². The molecular weight excluding hydrogens is 216 g/mol. The van der Waals surface area contributed by atoms with Crippen LogP contribution in [0.3, 0.4) is 0 Å². The summed E-state index contributed by atoms with van der Waals surface area (Å²) in [6, 6.07) is 7.62. The van der Waals surface area contributed by atoms with Crippen molar-refractivity contribution in [2.75, 3.05) is 12.8 Å². The van der Waals surface area contributed by atoms with Crippen molar-refractivity contribution in [3.8, 4) is 5.75 Å². The molecule has 0 aliphatic carbocycles. The number of hydrogen-bond donors (Lipinski definition) is 1. The predicted molar refractivity (Wildman–Crippen MR) is 67.4 cm³/mol. The second-order valence-electron chi connectivity index (χ2n) is 3.61. The molecule has 0 atom stereocenters. The minimum absolute atomic E-state index is 0.377. The van der Waals surface area contributed by atoms with Crippen LogP contribution in [-0.2, 0) is 0 Å². The Balaban J connectivity index is 2.22. The van der Waals surface area contributed by atoms with Crippen molar-refractivity contribution >= 4 is 12.2 Å². The van der Waals surface area contributed by atoms with Crippen LogP contribution in [-0.4, -0.2) is 23.0 Å². The van der Waals surface area contributed by atoms with Crippen LogP contribution in [0, 0.1) is 6.92 Å². The second-order valence-corrected chi connectivity index (χ2v) is 3.61. The number of nitrogen functional groups attached to an aromatic ring is 1. The van der Waals surface area contributed by atoms with Gasteiger partial charge in [0.1, 0.15) is 5.75 Å². The first-order valence-corrected chi connectivity index (χ1v) is 5.19. The molecule has 88 valence electrons. The SMILES string of the molecule is COc1cccc(C=Nn2cc(C)nc2N)c1. The summed E-state index contributed by atoms with van der Waals surface area (Å²) < 4.78 is 6.67. The second kappa shape index (κ2) is 4.69. The molecule has 0 saturated carbocycles. The maximum Gasteiger partial charge on any atom is 0.221 e. The summed E-state index contributed by atoms with van der Waals surface area (Å²) in [5, 5.41) is 4.22. The smallest absolute Gasteiger partial charge is 0.221 e. The molecule has 17 heavy (non-hydrogen) atoms. The quantitative estimate of drug-likeness (QED) is 0.815. The molecule has 0 aliphatic heterocycles. The van der Waals surface area contributed by atoms with E-state index in [9.17, 15) is 0 Å². The predicted octanol–water partition coefficient (Wildman–Crippen LogP) is 1.66. The standard InChI is InChI=1S/C12H14N4O/c1-9-8-16(12(13)15-9)14-7-10-4-3-5-11(6-10)17-2/h3-8H,1-2H3,(H2,13,15). The molecule has 0 amide bonds. The Morgan fingerprint density at radius 3 is 2.94 bits per heavy atom. The van der Waals surface area contributed by atoms with E-state index in [4.69, 9.17) is 10.5 Å². The fourth-order valence-electron chi connectivity index (χ4n) is 1.45. The van der Waals surface area contributed by atoms with E-state index in [1.54, 1.807) is 19.5 Å². The van der Waals surface area contributed by atoms with Gasteiger partial charge in [-0.05, 0) is 24.6 Å². The number of anilines is 1. The lowest BCUT2D eigenvalue weighted by Crippen LogP contribution is -1.97. The fraction of sp³-hybridized carbons (Fsp3) is 0.167. The third-order valence-corrected chi connectivity index (χ3v) is 2.26. The molecule has 0 spiro atoms. The third kappa shape index (κ3) is 2.63. The molecule has 1 heterocycles. The number of ether oxygens (including phenoxy) is 1. The van der Waals surface area contributed by atoms with Crippen molar-refractivity contribution < 1.29 is 4.74 Å². The summed E-state index contributed by atoms with van der Waals surface area (Å²) in [7, 11) is 1.63. The van der Waals surface area contributed by atoms with Crippen molar-refractivity contribution in [1.29, 1.82) is 0 Å². The van der Waals surface area contributed by atoms with Gasteiger partial charge in [-0.25, -0.2) is 9.66 Å². The molecule has 0 aliphatic rings. The Labute approximate surface area is 99.5 Å². The highest BCUT2D eigenvalue weighted by Crippen LogP contribution is 2.11. The van der Waals surface area contributed by atoms with Crippen LogP contribution in [0.4, 0.5) is 5.95 Å². The average molecular weight is 230 g/mol. The Bertz CT molecular complexity index is 545. The van der Waals surface area contributed by atoms with E-state index < -0.39 is 0 Å². The van der Waals surface area contributed by atoms with Gasteiger partial charge >= 0.3 is 0 Å². The fourth-order valence-corrected chi connectivity index (χ4v) is 1.45. The van der Waals surface area contributed by atoms with Gasteiger partial charge in [0.25, 0.3) is 0 Å². The number of benzene rings is 1. The van der Waals surface area contributed by atoms with E-state index in [0.29, 0.717) is 5.95 Å². The first kappa shape index (κ1) is 11.2. The number of nitrogens with two attached hydrogens (primary N) is 1. The zero-order valence-corrected chi connectivity index (χ0v) is 9.79. The largest absolute Gasteiger partial charge is 0.497 e. The number of aryl methyl sites for hydroxylation is 1. The van der Waals surface area contributed by atoms with E-state index in [2.05, 4.69) is 10.1 Å². The highest BCUT2D eigenvalue weighted by atomic mass is 16.5. The normalized spacial score (nSPS) is 10.9. The summed E-state index contributed by atoms with van der Waals surface area (Å²) in [5.41, 5.74) is 7.45. The molecule has 0 unspecified atom stereocenters. The molecule has 2 rings (SSSR count). The Hall–Kier alpha value is -2.30. The van der Waals surface area contributed by atoms with Crippen molar-refractivity contribution in [3.63, 3.8) is 0 Å². The first-order valence-electron chi connectivity index (χ1n) is 5.19. The number of methoxy groups -OCH3 is 1. The van der Waals surface area contributed by atoms with Crippen molar-refractivity contribution in [2.45, 2.75) is 6.92 Å². The summed E-state index contributed by atoms with van der Waals surface area (Å²) in [6.07, 6.45) is 3.48. The molecule has 0 radical (unpaired) electrons. The summed E-state index contributed by atoms with van der Waals surface area (Å²) in [5.74, 6) is 1.17. The van der Waals surface area contributed by atoms with Gasteiger partial charge < -0.3 is 10.5 Å². The maximum absolute atomic E-state index is 5.68. The molecular formula is C12H14N4O. The lowest BCUT2D eigenvalue weighted by Gasteiger charge is -2.00. The van der Waals surface area contributed by atoms with Gasteiger partial charge in [-0.15, -0.1) is 0 Å². The summed E-state index contributed by atoms with van der Waals surface area (Å²) >= 11 is 0. The van der Waals surface area contributed by atoms with Gasteiger partial charge in [0.15, 0.2) is 0 Å². The Kier molecular flexibility index (Phi) is 3.09. The zero-order valence-electron chi connectivity index (χ0n) is 9.79. The maximum atomic E-state index is 5.68. The molecule has 1 aromatic carbocycles. The van der Waals surface area contributed by atoms with Gasteiger partial charge in [0, 0.05) is 0 Å². The van der Waals surface area contributed by atoms with E-state index in [1.807, 2.05) is 31.2 Å². The van der Waals surface area contributed by atoms with Gasteiger partial charge in [-0.3, -0.25) is 0 Å². The van der Waals surface area contributed by atoms with Crippen LogP contribution in [0.1, 0.15) is 11.3 Å². The summed E-state index contributed by atoms with van der Waals surface area (Å²) in [6.45, 7) is 1.87. The van der Waals surface area contributed by atoms with Crippen LogP contribution in [0.25, 0.3) is 0 Å². The van der Waals surface area contributed by atoms with Gasteiger partial charge in [0.05, 0.1) is 25.2 Å².